The van der Waals surface area contributed by atoms with Crippen molar-refractivity contribution in [2.45, 2.75) is 5.41 Å². The lowest BCUT2D eigenvalue weighted by molar-refractivity contribution is 0.360. The second-order valence-electron chi connectivity index (χ2n) is 15.5. The highest BCUT2D eigenvalue weighted by Gasteiger charge is 2.52. The summed E-state index contributed by atoms with van der Waals surface area (Å²) in [5.74, 6) is 2.77. The third-order valence-electron chi connectivity index (χ3n) is 12.5. The van der Waals surface area contributed by atoms with Gasteiger partial charge in [-0.05, 0) is 105 Å². The fourth-order valence-electron chi connectivity index (χ4n) is 10.1. The van der Waals surface area contributed by atoms with E-state index in [4.69, 9.17) is 9.47 Å². The number of hydrogen-bond donors (Lipinski definition) is 0. The van der Waals surface area contributed by atoms with Crippen LogP contribution in [0.1, 0.15) is 22.3 Å². The van der Waals surface area contributed by atoms with Gasteiger partial charge in [0.1, 0.15) is 0 Å². The van der Waals surface area contributed by atoms with E-state index in [1.54, 1.807) is 0 Å². The first-order valence-corrected chi connectivity index (χ1v) is 20.9. The van der Waals surface area contributed by atoms with Gasteiger partial charge in [-0.2, -0.15) is 0 Å². The normalized spacial score (nSPS) is 13.5. The van der Waals surface area contributed by atoms with E-state index in [1.165, 1.54) is 59.1 Å². The van der Waals surface area contributed by atoms with Gasteiger partial charge in [0, 0.05) is 31.4 Å². The van der Waals surface area contributed by atoms with E-state index < -0.39 is 5.41 Å². The lowest BCUT2D eigenvalue weighted by Gasteiger charge is -2.33. The van der Waals surface area contributed by atoms with Crippen molar-refractivity contribution in [2.24, 2.45) is 0 Å². The standard InChI is InChI=1S/C55H33NO2S/c1-2-15-35(16-3-1)56(47-25-12-7-17-36(47)34-29-30-41-40-21-8-13-28-52(40)59-53(41)31-34)48-26-14-27-49-54(48)58-50-32-42-39-20-6-11-24-45(39)55(46(42)33-51(50)57-49)43-22-9-4-18-37(43)38-19-5-10-23-44(38)55/h1-33H. The van der Waals surface area contributed by atoms with Crippen LogP contribution in [0.2, 0.25) is 0 Å². The van der Waals surface area contributed by atoms with Crippen molar-refractivity contribution in [2.75, 3.05) is 4.90 Å². The minimum atomic E-state index is -0.466. The van der Waals surface area contributed by atoms with E-state index >= 15 is 0 Å². The minimum absolute atomic E-state index is 0.466. The largest absolute Gasteiger partial charge is 0.449 e. The Morgan fingerprint density at radius 1 is 0.373 bits per heavy atom. The molecule has 3 aliphatic rings. The zero-order valence-corrected chi connectivity index (χ0v) is 32.5. The molecule has 4 heteroatoms. The maximum atomic E-state index is 7.13. The molecule has 0 fully saturated rings. The number of benzene rings is 9. The average molecular weight is 772 g/mol. The topological polar surface area (TPSA) is 21.7 Å². The van der Waals surface area contributed by atoms with E-state index in [1.807, 2.05) is 17.4 Å². The Kier molecular flexibility index (Phi) is 6.81. The van der Waals surface area contributed by atoms with Crippen molar-refractivity contribution in [1.82, 2.24) is 0 Å². The number of anilines is 3. The maximum Gasteiger partial charge on any atom is 0.194 e. The number of thiophene rings is 1. The Hall–Kier alpha value is -7.40. The summed E-state index contributed by atoms with van der Waals surface area (Å²) in [6.07, 6.45) is 0. The van der Waals surface area contributed by atoms with Crippen LogP contribution < -0.4 is 14.4 Å². The summed E-state index contributed by atoms with van der Waals surface area (Å²) in [4.78, 5) is 2.31. The summed E-state index contributed by atoms with van der Waals surface area (Å²) in [5.41, 5.74) is 14.8. The Balaban J connectivity index is 0.977. The Morgan fingerprint density at radius 2 is 0.966 bits per heavy atom. The first-order valence-electron chi connectivity index (χ1n) is 20.1. The van der Waals surface area contributed by atoms with Gasteiger partial charge >= 0.3 is 0 Å². The first-order chi connectivity index (χ1) is 29.3. The quantitative estimate of drug-likeness (QED) is 0.178. The average Bonchev–Trinajstić information content (AvgIpc) is 3.92. The van der Waals surface area contributed by atoms with Crippen molar-refractivity contribution in [3.63, 3.8) is 0 Å². The van der Waals surface area contributed by atoms with Crippen molar-refractivity contribution >= 4 is 48.6 Å². The number of fused-ring (bicyclic) bond motifs is 15. The molecule has 59 heavy (non-hydrogen) atoms. The predicted octanol–water partition coefficient (Wildman–Crippen LogP) is 15.4. The van der Waals surface area contributed by atoms with Crippen LogP contribution in [0, 0.1) is 0 Å². The van der Waals surface area contributed by atoms with Crippen molar-refractivity contribution < 1.29 is 9.47 Å². The monoisotopic (exact) mass is 771 g/mol. The number of ether oxygens (including phenoxy) is 2. The SMILES string of the molecule is c1ccc(N(c2ccccc2-c2ccc3c(c2)sc2ccccc23)c2cccc3c2Oc2cc4c(cc2O3)C2(c3ccccc3-c3ccccc32)c2ccccc2-4)cc1. The zero-order chi connectivity index (χ0) is 38.7. The van der Waals surface area contributed by atoms with Crippen LogP contribution in [-0.4, -0.2) is 0 Å². The molecule has 2 heterocycles. The lowest BCUT2D eigenvalue weighted by Crippen LogP contribution is -2.25. The predicted molar refractivity (Wildman–Crippen MR) is 242 cm³/mol. The number of rotatable bonds is 4. The van der Waals surface area contributed by atoms with E-state index in [0.717, 1.165) is 33.8 Å². The molecular formula is C55H33NO2S. The van der Waals surface area contributed by atoms with Crippen LogP contribution in [-0.2, 0) is 5.41 Å². The fraction of sp³-hybridized carbons (Fsp3) is 0.0182. The zero-order valence-electron chi connectivity index (χ0n) is 31.7. The summed E-state index contributed by atoms with van der Waals surface area (Å²) in [6.45, 7) is 0. The highest BCUT2D eigenvalue weighted by Crippen LogP contribution is 2.65. The molecule has 0 saturated carbocycles. The molecule has 0 amide bonds. The molecule has 0 N–H and O–H groups in total. The van der Waals surface area contributed by atoms with Crippen LogP contribution in [0.4, 0.5) is 17.1 Å². The van der Waals surface area contributed by atoms with Crippen molar-refractivity contribution in [3.05, 3.63) is 222 Å². The molecule has 1 spiro atoms. The van der Waals surface area contributed by atoms with E-state index in [-0.39, 0.29) is 0 Å². The van der Waals surface area contributed by atoms with Gasteiger partial charge < -0.3 is 14.4 Å². The lowest BCUT2D eigenvalue weighted by atomic mass is 9.70. The third-order valence-corrected chi connectivity index (χ3v) is 13.7. The van der Waals surface area contributed by atoms with Gasteiger partial charge in [0.2, 0.25) is 0 Å². The van der Waals surface area contributed by atoms with Gasteiger partial charge in [-0.1, -0.05) is 146 Å². The van der Waals surface area contributed by atoms with Gasteiger partial charge in [0.05, 0.1) is 16.8 Å². The molecule has 0 unspecified atom stereocenters. The third kappa shape index (κ3) is 4.52. The van der Waals surface area contributed by atoms with Crippen molar-refractivity contribution in [3.8, 4) is 56.4 Å². The molecule has 0 atom stereocenters. The van der Waals surface area contributed by atoms with Crippen LogP contribution >= 0.6 is 11.3 Å². The summed E-state index contributed by atoms with van der Waals surface area (Å²) in [5, 5.41) is 2.59. The van der Waals surface area contributed by atoms with Crippen molar-refractivity contribution in [1.29, 1.82) is 0 Å². The minimum Gasteiger partial charge on any atom is -0.449 e. The molecule has 9 aromatic carbocycles. The Labute approximate surface area is 345 Å². The van der Waals surface area contributed by atoms with Crippen LogP contribution in [0.25, 0.3) is 53.6 Å². The smallest absolute Gasteiger partial charge is 0.194 e. The van der Waals surface area contributed by atoms with Gasteiger partial charge in [-0.15, -0.1) is 11.3 Å². The maximum absolute atomic E-state index is 7.13. The molecule has 13 rings (SSSR count). The Bertz CT molecular complexity index is 3320. The summed E-state index contributed by atoms with van der Waals surface area (Å²) in [7, 11) is 0. The second-order valence-corrected chi connectivity index (χ2v) is 16.6. The molecule has 10 aromatic rings. The summed E-state index contributed by atoms with van der Waals surface area (Å²) < 4.78 is 16.7. The molecule has 276 valence electrons. The second kappa shape index (κ2) is 12.3. The molecule has 3 nitrogen and oxygen atoms in total. The van der Waals surface area contributed by atoms with Gasteiger partial charge in [-0.25, -0.2) is 0 Å². The summed E-state index contributed by atoms with van der Waals surface area (Å²) >= 11 is 1.84. The highest BCUT2D eigenvalue weighted by molar-refractivity contribution is 7.25. The van der Waals surface area contributed by atoms with Crippen LogP contribution in [0.3, 0.4) is 0 Å². The highest BCUT2D eigenvalue weighted by atomic mass is 32.1. The molecule has 0 saturated heterocycles. The molecule has 2 aliphatic carbocycles. The summed E-state index contributed by atoms with van der Waals surface area (Å²) in [6, 6.07) is 72.1. The molecular weight excluding hydrogens is 739 g/mol. The van der Waals surface area contributed by atoms with Gasteiger partial charge in [0.25, 0.3) is 0 Å². The molecule has 1 aromatic heterocycles. The first kappa shape index (κ1) is 32.7. The number of nitrogens with zero attached hydrogens (tertiary/aromatic N) is 1. The van der Waals surface area contributed by atoms with E-state index in [0.29, 0.717) is 23.0 Å². The molecule has 1 aliphatic heterocycles. The van der Waals surface area contributed by atoms with E-state index in [9.17, 15) is 0 Å². The molecule has 0 radical (unpaired) electrons. The molecule has 0 bridgehead atoms. The number of para-hydroxylation sites is 3. The van der Waals surface area contributed by atoms with Gasteiger partial charge in [0.15, 0.2) is 23.0 Å². The fourth-order valence-corrected chi connectivity index (χ4v) is 11.3. The van der Waals surface area contributed by atoms with E-state index in [2.05, 4.69) is 199 Å². The van der Waals surface area contributed by atoms with Gasteiger partial charge in [-0.3, -0.25) is 0 Å². The van der Waals surface area contributed by atoms with Crippen LogP contribution in [0.5, 0.6) is 23.0 Å². The number of hydrogen-bond acceptors (Lipinski definition) is 4. The Morgan fingerprint density at radius 3 is 1.73 bits per heavy atom. The van der Waals surface area contributed by atoms with Crippen LogP contribution in [0.15, 0.2) is 200 Å².